The maximum absolute atomic E-state index is 12.0. The van der Waals surface area contributed by atoms with E-state index in [1.807, 2.05) is 6.08 Å². The number of aliphatic hydroxyl groups is 3. The molecule has 3 N–H and O–H groups in total. The highest BCUT2D eigenvalue weighted by atomic mass is 16.6. The fourth-order valence-corrected chi connectivity index (χ4v) is 6.11. The first-order valence-electron chi connectivity index (χ1n) is 20.9. The summed E-state index contributed by atoms with van der Waals surface area (Å²) in [6.45, 7) is 4.13. The topological polar surface area (TPSA) is 113 Å². The summed E-state index contributed by atoms with van der Waals surface area (Å²) >= 11 is 0. The van der Waals surface area contributed by atoms with Gasteiger partial charge in [-0.1, -0.05) is 174 Å². The second-order valence-corrected chi connectivity index (χ2v) is 14.4. The highest BCUT2D eigenvalue weighted by molar-refractivity contribution is 5.69. The highest BCUT2D eigenvalue weighted by Crippen LogP contribution is 2.16. The van der Waals surface area contributed by atoms with Gasteiger partial charge in [-0.2, -0.15) is 0 Å². The molecule has 0 aromatic rings. The Balaban J connectivity index is 3.50. The molecule has 7 nitrogen and oxygen atoms in total. The molecule has 0 fully saturated rings. The first kappa shape index (κ1) is 47.6. The molecule has 0 aliphatic rings. The van der Waals surface area contributed by atoms with E-state index in [9.17, 15) is 24.9 Å². The minimum atomic E-state index is -1.01. The van der Waals surface area contributed by atoms with Crippen LogP contribution in [0.1, 0.15) is 213 Å². The van der Waals surface area contributed by atoms with Gasteiger partial charge in [-0.05, 0) is 38.5 Å². The van der Waals surface area contributed by atoms with E-state index in [4.69, 9.17) is 9.47 Å². The van der Waals surface area contributed by atoms with E-state index in [1.165, 1.54) is 116 Å². The second kappa shape index (κ2) is 37.8. The summed E-state index contributed by atoms with van der Waals surface area (Å²) in [4.78, 5) is 24.0. The van der Waals surface area contributed by atoms with E-state index < -0.39 is 18.3 Å². The molecule has 0 aromatic heterocycles. The number of carbonyl (C=O) groups is 2. The number of aliphatic hydroxyl groups excluding tert-OH is 3. The van der Waals surface area contributed by atoms with E-state index in [1.54, 1.807) is 0 Å². The fraction of sp³-hybridized carbons (Fsp3) is 0.905. The van der Waals surface area contributed by atoms with Crippen LogP contribution in [-0.2, 0) is 19.1 Å². The first-order chi connectivity index (χ1) is 23.9. The zero-order valence-electron chi connectivity index (χ0n) is 32.2. The Kier molecular flexibility index (Phi) is 36.7. The number of allylic oxidation sites excluding steroid dienone is 1. The van der Waals surface area contributed by atoms with Gasteiger partial charge in [0.15, 0.2) is 0 Å². The van der Waals surface area contributed by atoms with Crippen molar-refractivity contribution in [2.24, 2.45) is 0 Å². The largest absolute Gasteiger partial charge is 0.463 e. The van der Waals surface area contributed by atoms with Crippen LogP contribution >= 0.6 is 0 Å². The van der Waals surface area contributed by atoms with Crippen LogP contribution in [0.5, 0.6) is 0 Å². The van der Waals surface area contributed by atoms with Crippen LogP contribution in [-0.4, -0.2) is 58.8 Å². The average Bonchev–Trinajstić information content (AvgIpc) is 3.10. The molecule has 0 rings (SSSR count). The van der Waals surface area contributed by atoms with Crippen molar-refractivity contribution in [3.63, 3.8) is 0 Å². The summed E-state index contributed by atoms with van der Waals surface area (Å²) < 4.78 is 10.3. The lowest BCUT2D eigenvalue weighted by Gasteiger charge is -2.16. The van der Waals surface area contributed by atoms with Crippen molar-refractivity contribution in [3.8, 4) is 0 Å². The quantitative estimate of drug-likeness (QED) is 0.0334. The smallest absolute Gasteiger partial charge is 0.305 e. The number of carbonyl (C=O) groups excluding carboxylic acids is 2. The van der Waals surface area contributed by atoms with Gasteiger partial charge < -0.3 is 24.8 Å². The van der Waals surface area contributed by atoms with Gasteiger partial charge in [0.25, 0.3) is 0 Å². The van der Waals surface area contributed by atoms with E-state index >= 15 is 0 Å². The third-order valence-electron chi connectivity index (χ3n) is 9.45. The number of hydrogen-bond donors (Lipinski definition) is 3. The molecule has 0 aliphatic heterocycles. The van der Waals surface area contributed by atoms with Gasteiger partial charge >= 0.3 is 11.9 Å². The SMILES string of the molecule is CCCCC/C=C\C[C@@H](O)[C@H](O)CCCCCCCC(=O)OC[C@@H](O)COC(=O)CCCCCCCCCCCCCCCCCCCC. The minimum Gasteiger partial charge on any atom is -0.463 e. The number of rotatable bonds is 38. The maximum atomic E-state index is 12.0. The standard InChI is InChI=1S/C42H80O7/c1-3-5-7-9-11-12-13-14-15-16-17-18-19-20-21-22-26-30-34-41(46)48-36-38(43)37-49-42(47)35-31-27-23-25-29-33-40(45)39(44)32-28-24-10-8-6-4-2/h24,28,38-40,43-45H,3-23,25-27,29-37H2,1-2H3/b28-24-/t38-,39+,40+/m0/s1. The van der Waals surface area contributed by atoms with Crippen LogP contribution in [0.2, 0.25) is 0 Å². The monoisotopic (exact) mass is 697 g/mol. The summed E-state index contributed by atoms with van der Waals surface area (Å²) in [5.41, 5.74) is 0. The lowest BCUT2D eigenvalue weighted by molar-refractivity contribution is -0.152. The zero-order valence-corrected chi connectivity index (χ0v) is 32.2. The summed E-state index contributed by atoms with van der Waals surface area (Å²) in [6, 6.07) is 0. The van der Waals surface area contributed by atoms with Gasteiger partial charge in [0.2, 0.25) is 0 Å². The predicted octanol–water partition coefficient (Wildman–Crippen LogP) is 10.8. The Morgan fingerprint density at radius 2 is 0.837 bits per heavy atom. The van der Waals surface area contributed by atoms with Crippen LogP contribution in [0.15, 0.2) is 12.2 Å². The van der Waals surface area contributed by atoms with Gasteiger partial charge in [0.05, 0.1) is 12.2 Å². The van der Waals surface area contributed by atoms with E-state index in [2.05, 4.69) is 19.9 Å². The molecule has 0 spiro atoms. The molecule has 0 amide bonds. The first-order valence-corrected chi connectivity index (χ1v) is 20.9. The van der Waals surface area contributed by atoms with Gasteiger partial charge in [-0.3, -0.25) is 9.59 Å². The molecule has 3 atom stereocenters. The Morgan fingerprint density at radius 1 is 0.469 bits per heavy atom. The molecular weight excluding hydrogens is 616 g/mol. The molecule has 0 saturated carbocycles. The second-order valence-electron chi connectivity index (χ2n) is 14.4. The molecular formula is C42H80O7. The number of ether oxygens (including phenoxy) is 2. The number of esters is 2. The maximum Gasteiger partial charge on any atom is 0.305 e. The van der Waals surface area contributed by atoms with Gasteiger partial charge in [0.1, 0.15) is 19.3 Å². The fourth-order valence-electron chi connectivity index (χ4n) is 6.11. The molecule has 0 aliphatic carbocycles. The molecule has 0 bridgehead atoms. The van der Waals surface area contributed by atoms with Crippen molar-refractivity contribution in [2.45, 2.75) is 231 Å². The normalized spacial score (nSPS) is 13.5. The van der Waals surface area contributed by atoms with Crippen LogP contribution in [0, 0.1) is 0 Å². The van der Waals surface area contributed by atoms with Crippen LogP contribution < -0.4 is 0 Å². The zero-order chi connectivity index (χ0) is 36.0. The number of hydrogen-bond acceptors (Lipinski definition) is 7. The van der Waals surface area contributed by atoms with Gasteiger partial charge in [-0.25, -0.2) is 0 Å². The molecule has 0 unspecified atom stereocenters. The van der Waals surface area contributed by atoms with Crippen LogP contribution in [0.25, 0.3) is 0 Å². The van der Waals surface area contributed by atoms with Crippen molar-refractivity contribution in [1.82, 2.24) is 0 Å². The molecule has 290 valence electrons. The average molecular weight is 697 g/mol. The molecule has 0 heterocycles. The van der Waals surface area contributed by atoms with Gasteiger partial charge in [-0.15, -0.1) is 0 Å². The van der Waals surface area contributed by atoms with E-state index in [-0.39, 0.29) is 31.6 Å². The van der Waals surface area contributed by atoms with E-state index in [0.717, 1.165) is 51.4 Å². The summed E-state index contributed by atoms with van der Waals surface area (Å²) in [5.74, 6) is -0.663. The van der Waals surface area contributed by atoms with Crippen molar-refractivity contribution >= 4 is 11.9 Å². The molecule has 0 radical (unpaired) electrons. The van der Waals surface area contributed by atoms with Crippen molar-refractivity contribution in [1.29, 1.82) is 0 Å². The highest BCUT2D eigenvalue weighted by Gasteiger charge is 2.14. The van der Waals surface area contributed by atoms with E-state index in [0.29, 0.717) is 25.7 Å². The number of unbranched alkanes of at least 4 members (excludes halogenated alkanes) is 24. The Hall–Kier alpha value is -1.44. The van der Waals surface area contributed by atoms with Crippen molar-refractivity contribution < 1.29 is 34.4 Å². The Bertz CT molecular complexity index is 741. The molecule has 7 heteroatoms. The third kappa shape index (κ3) is 36.2. The summed E-state index contributed by atoms with van der Waals surface area (Å²) in [6.07, 6.45) is 35.8. The summed E-state index contributed by atoms with van der Waals surface area (Å²) in [7, 11) is 0. The molecule has 49 heavy (non-hydrogen) atoms. The van der Waals surface area contributed by atoms with Crippen molar-refractivity contribution in [3.05, 3.63) is 12.2 Å². The Morgan fingerprint density at radius 3 is 1.27 bits per heavy atom. The predicted molar refractivity (Wildman–Crippen MR) is 204 cm³/mol. The van der Waals surface area contributed by atoms with Gasteiger partial charge in [0, 0.05) is 12.8 Å². The lowest BCUT2D eigenvalue weighted by Crippen LogP contribution is -2.25. The summed E-state index contributed by atoms with van der Waals surface area (Å²) in [5, 5.41) is 30.3. The van der Waals surface area contributed by atoms with Crippen LogP contribution in [0.3, 0.4) is 0 Å². The third-order valence-corrected chi connectivity index (χ3v) is 9.45. The lowest BCUT2D eigenvalue weighted by atomic mass is 10.0. The van der Waals surface area contributed by atoms with Crippen molar-refractivity contribution in [2.75, 3.05) is 13.2 Å². The van der Waals surface area contributed by atoms with Crippen LogP contribution in [0.4, 0.5) is 0 Å². The molecule has 0 saturated heterocycles. The molecule has 0 aromatic carbocycles. The Labute approximate surface area is 302 Å². The minimum absolute atomic E-state index is 0.152.